The average molecular weight is 299 g/mol. The molecular weight excluding hydrogens is 282 g/mol. The molecule has 0 spiro atoms. The number of benzene rings is 1. The molecule has 1 amide bonds. The molecule has 1 N–H and O–H groups in total. The van der Waals surface area contributed by atoms with Crippen LogP contribution >= 0.6 is 0 Å². The van der Waals surface area contributed by atoms with Crippen LogP contribution in [0, 0.1) is 6.92 Å². The first-order valence-electron chi connectivity index (χ1n) is 7.41. The highest BCUT2D eigenvalue weighted by molar-refractivity contribution is 5.95. The van der Waals surface area contributed by atoms with E-state index in [0.717, 1.165) is 30.8 Å². The highest BCUT2D eigenvalue weighted by Gasteiger charge is 2.30. The Balaban J connectivity index is 1.51. The number of amides is 1. The molecule has 6 nitrogen and oxygen atoms in total. The maximum Gasteiger partial charge on any atom is 0.254 e. The van der Waals surface area contributed by atoms with E-state index < -0.39 is 0 Å². The number of fused-ring (bicyclic) bond motifs is 1. The number of carbonyl (C=O) groups excluding carboxylic acids is 1. The van der Waals surface area contributed by atoms with Gasteiger partial charge in [0.15, 0.2) is 11.5 Å². The molecule has 2 aliphatic heterocycles. The number of likely N-dealkylation sites (tertiary alicyclic amines) is 1. The molecule has 1 aromatic carbocycles. The summed E-state index contributed by atoms with van der Waals surface area (Å²) in [6.07, 6.45) is 2.79. The Bertz CT molecular complexity index is 725. The number of H-pyrrole nitrogens is 1. The van der Waals surface area contributed by atoms with Gasteiger partial charge in [-0.3, -0.25) is 9.89 Å². The van der Waals surface area contributed by atoms with E-state index in [1.54, 1.807) is 18.2 Å². The van der Waals surface area contributed by atoms with Gasteiger partial charge in [0.2, 0.25) is 6.79 Å². The van der Waals surface area contributed by atoms with Gasteiger partial charge in [0.05, 0.1) is 6.20 Å². The lowest BCUT2D eigenvalue weighted by atomic mass is 10.0. The Morgan fingerprint density at radius 3 is 3.05 bits per heavy atom. The van der Waals surface area contributed by atoms with Crippen LogP contribution in [0.3, 0.4) is 0 Å². The third-order valence-electron chi connectivity index (χ3n) is 4.37. The van der Waals surface area contributed by atoms with E-state index in [2.05, 4.69) is 10.2 Å². The number of aryl methyl sites for hydroxylation is 1. The van der Waals surface area contributed by atoms with Crippen LogP contribution in [0.2, 0.25) is 0 Å². The zero-order valence-corrected chi connectivity index (χ0v) is 12.3. The van der Waals surface area contributed by atoms with E-state index in [1.165, 1.54) is 0 Å². The Labute approximate surface area is 128 Å². The standard InChI is InChI=1S/C16H17N3O3/c1-10-7-17-18-15(10)12-4-5-19(8-12)16(20)11-2-3-13-14(6-11)22-9-21-13/h2-3,6-7,12H,4-5,8-9H2,1H3,(H,17,18)/t12-/m1/s1. The van der Waals surface area contributed by atoms with Crippen molar-refractivity contribution in [2.45, 2.75) is 19.3 Å². The van der Waals surface area contributed by atoms with Gasteiger partial charge in [-0.2, -0.15) is 5.10 Å². The second-order valence-electron chi connectivity index (χ2n) is 5.77. The van der Waals surface area contributed by atoms with Gasteiger partial charge in [0, 0.05) is 30.3 Å². The Kier molecular flexibility index (Phi) is 3.03. The summed E-state index contributed by atoms with van der Waals surface area (Å²) in [5.41, 5.74) is 2.94. The molecule has 1 atom stereocenters. The molecule has 114 valence electrons. The van der Waals surface area contributed by atoms with Crippen molar-refractivity contribution in [3.8, 4) is 11.5 Å². The van der Waals surface area contributed by atoms with Crippen molar-refractivity contribution >= 4 is 5.91 Å². The van der Waals surface area contributed by atoms with Crippen molar-refractivity contribution in [1.29, 1.82) is 0 Å². The first-order chi connectivity index (χ1) is 10.7. The third-order valence-corrected chi connectivity index (χ3v) is 4.37. The zero-order valence-electron chi connectivity index (χ0n) is 12.3. The number of hydrogen-bond acceptors (Lipinski definition) is 4. The second-order valence-corrected chi connectivity index (χ2v) is 5.77. The summed E-state index contributed by atoms with van der Waals surface area (Å²) < 4.78 is 10.6. The lowest BCUT2D eigenvalue weighted by molar-refractivity contribution is 0.0790. The summed E-state index contributed by atoms with van der Waals surface area (Å²) in [5, 5.41) is 7.13. The average Bonchev–Trinajstić information content (AvgIpc) is 3.25. The Hall–Kier alpha value is -2.50. The summed E-state index contributed by atoms with van der Waals surface area (Å²) in [6.45, 7) is 3.74. The molecule has 1 saturated heterocycles. The molecule has 0 aliphatic carbocycles. The van der Waals surface area contributed by atoms with Gasteiger partial charge in [-0.15, -0.1) is 0 Å². The number of carbonyl (C=O) groups is 1. The highest BCUT2D eigenvalue weighted by atomic mass is 16.7. The predicted octanol–water partition coefficient (Wildman–Crippen LogP) is 2.08. The number of hydrogen-bond donors (Lipinski definition) is 1. The van der Waals surface area contributed by atoms with Gasteiger partial charge in [-0.1, -0.05) is 0 Å². The van der Waals surface area contributed by atoms with E-state index in [-0.39, 0.29) is 12.7 Å². The number of rotatable bonds is 2. The molecule has 4 rings (SSSR count). The molecule has 0 bridgehead atoms. The zero-order chi connectivity index (χ0) is 15.1. The van der Waals surface area contributed by atoms with Crippen LogP contribution in [0.15, 0.2) is 24.4 Å². The molecule has 6 heteroatoms. The van der Waals surface area contributed by atoms with Crippen molar-refractivity contribution in [2.24, 2.45) is 0 Å². The summed E-state index contributed by atoms with van der Waals surface area (Å²) in [4.78, 5) is 14.5. The van der Waals surface area contributed by atoms with E-state index in [1.807, 2.05) is 18.0 Å². The second kappa shape index (κ2) is 5.05. The summed E-state index contributed by atoms with van der Waals surface area (Å²) in [6, 6.07) is 5.35. The fourth-order valence-electron chi connectivity index (χ4n) is 3.16. The number of nitrogens with one attached hydrogen (secondary N) is 1. The third kappa shape index (κ3) is 2.11. The molecule has 0 radical (unpaired) electrons. The summed E-state index contributed by atoms with van der Waals surface area (Å²) in [5.74, 6) is 1.72. The van der Waals surface area contributed by atoms with Crippen molar-refractivity contribution in [3.05, 3.63) is 41.2 Å². The van der Waals surface area contributed by atoms with Crippen LogP contribution in [0.1, 0.15) is 34.0 Å². The van der Waals surface area contributed by atoms with Gasteiger partial charge in [0.1, 0.15) is 0 Å². The molecule has 1 fully saturated rings. The number of nitrogens with zero attached hydrogens (tertiary/aromatic N) is 2. The fourth-order valence-corrected chi connectivity index (χ4v) is 3.16. The molecule has 0 saturated carbocycles. The predicted molar refractivity (Wildman–Crippen MR) is 79.2 cm³/mol. The van der Waals surface area contributed by atoms with Crippen LogP contribution in [0.5, 0.6) is 11.5 Å². The monoisotopic (exact) mass is 299 g/mol. The number of ether oxygens (including phenoxy) is 2. The Morgan fingerprint density at radius 2 is 2.23 bits per heavy atom. The van der Waals surface area contributed by atoms with Crippen LogP contribution in [-0.2, 0) is 0 Å². The number of aromatic nitrogens is 2. The van der Waals surface area contributed by atoms with Crippen molar-refractivity contribution in [3.63, 3.8) is 0 Å². The van der Waals surface area contributed by atoms with Gasteiger partial charge >= 0.3 is 0 Å². The molecule has 2 aromatic rings. The molecule has 3 heterocycles. The van der Waals surface area contributed by atoms with E-state index in [0.29, 0.717) is 23.0 Å². The van der Waals surface area contributed by atoms with E-state index in [9.17, 15) is 4.79 Å². The van der Waals surface area contributed by atoms with Crippen molar-refractivity contribution in [2.75, 3.05) is 19.9 Å². The van der Waals surface area contributed by atoms with Crippen molar-refractivity contribution < 1.29 is 14.3 Å². The maximum atomic E-state index is 12.7. The quantitative estimate of drug-likeness (QED) is 0.922. The topological polar surface area (TPSA) is 67.5 Å². The first-order valence-corrected chi connectivity index (χ1v) is 7.41. The van der Waals surface area contributed by atoms with E-state index in [4.69, 9.17) is 9.47 Å². The van der Waals surface area contributed by atoms with Gasteiger partial charge in [-0.05, 0) is 37.1 Å². The minimum absolute atomic E-state index is 0.0398. The molecule has 22 heavy (non-hydrogen) atoms. The first kappa shape index (κ1) is 13.2. The lowest BCUT2D eigenvalue weighted by Gasteiger charge is -2.16. The largest absolute Gasteiger partial charge is 0.454 e. The summed E-state index contributed by atoms with van der Waals surface area (Å²) >= 11 is 0. The van der Waals surface area contributed by atoms with Crippen LogP contribution in [-0.4, -0.2) is 40.9 Å². The normalized spacial score (nSPS) is 19.7. The molecule has 0 unspecified atom stereocenters. The van der Waals surface area contributed by atoms with E-state index >= 15 is 0 Å². The number of aromatic amines is 1. The molecular formula is C16H17N3O3. The Morgan fingerprint density at radius 1 is 1.36 bits per heavy atom. The van der Waals surface area contributed by atoms with Gasteiger partial charge in [-0.25, -0.2) is 0 Å². The smallest absolute Gasteiger partial charge is 0.254 e. The van der Waals surface area contributed by atoms with Crippen LogP contribution in [0.4, 0.5) is 0 Å². The molecule has 2 aliphatic rings. The fraction of sp³-hybridized carbons (Fsp3) is 0.375. The SMILES string of the molecule is Cc1cn[nH]c1[C@@H]1CCN(C(=O)c2ccc3c(c2)OCO3)C1. The summed E-state index contributed by atoms with van der Waals surface area (Å²) in [7, 11) is 0. The van der Waals surface area contributed by atoms with Gasteiger partial charge < -0.3 is 14.4 Å². The highest BCUT2D eigenvalue weighted by Crippen LogP contribution is 2.34. The molecule has 1 aromatic heterocycles. The van der Waals surface area contributed by atoms with Gasteiger partial charge in [0.25, 0.3) is 5.91 Å². The minimum Gasteiger partial charge on any atom is -0.454 e. The minimum atomic E-state index is 0.0398. The van der Waals surface area contributed by atoms with Crippen LogP contribution in [0.25, 0.3) is 0 Å². The maximum absolute atomic E-state index is 12.7. The van der Waals surface area contributed by atoms with Crippen LogP contribution < -0.4 is 9.47 Å². The lowest BCUT2D eigenvalue weighted by Crippen LogP contribution is -2.28. The van der Waals surface area contributed by atoms with Crippen molar-refractivity contribution in [1.82, 2.24) is 15.1 Å².